The van der Waals surface area contributed by atoms with Crippen LogP contribution in [0.2, 0.25) is 0 Å². The molecule has 0 aliphatic heterocycles. The van der Waals surface area contributed by atoms with E-state index in [1.54, 1.807) is 13.8 Å². The molecule has 0 aromatic heterocycles. The Morgan fingerprint density at radius 2 is 1.42 bits per heavy atom. The lowest BCUT2D eigenvalue weighted by Crippen LogP contribution is -2.52. The Labute approximate surface area is 222 Å². The van der Waals surface area contributed by atoms with Crippen LogP contribution < -0.4 is 16.0 Å². The normalized spacial score (nSPS) is 14.0. The van der Waals surface area contributed by atoms with Crippen molar-refractivity contribution in [3.05, 3.63) is 71.8 Å². The predicted octanol–water partition coefficient (Wildman–Crippen LogP) is 2.40. The number of nitrogens with one attached hydrogen (secondary N) is 3. The highest BCUT2D eigenvalue weighted by Gasteiger charge is 2.27. The summed E-state index contributed by atoms with van der Waals surface area (Å²) in [6.07, 6.45) is -1.71. The fraction of sp³-hybridized carbons (Fsp3) is 0.429. The van der Waals surface area contributed by atoms with Crippen LogP contribution in [0.5, 0.6) is 0 Å². The lowest BCUT2D eigenvalue weighted by molar-refractivity contribution is -0.143. The van der Waals surface area contributed by atoms with Gasteiger partial charge in [-0.15, -0.1) is 0 Å². The smallest absolute Gasteiger partial charge is 0.408 e. The minimum Gasteiger partial charge on any atom is -0.480 e. The standard InChI is InChI=1S/C28H37N3O7/c1-18(2)25(27(35)36)31-24(33)15-14-23(32)22(16-20-10-6-4-7-11-20)30-26(34)19(3)29-28(37)38-17-21-12-8-5-9-13-21/h4-13,18-19,22-23,25,32H,14-17H2,1-3H3,(H,29,37)(H,30,34)(H,31,33)(H,35,36)/t19-,22-,23?,25-/m0/s1. The maximum absolute atomic E-state index is 12.9. The number of aliphatic carboxylic acids is 1. The van der Waals surface area contributed by atoms with Crippen LogP contribution in [-0.4, -0.2) is 58.3 Å². The van der Waals surface area contributed by atoms with E-state index in [1.807, 2.05) is 60.7 Å². The number of alkyl carbamates (subject to hydrolysis) is 1. The van der Waals surface area contributed by atoms with Crippen molar-refractivity contribution in [2.75, 3.05) is 0 Å². The van der Waals surface area contributed by atoms with Gasteiger partial charge in [-0.1, -0.05) is 74.5 Å². The molecule has 2 rings (SSSR count). The summed E-state index contributed by atoms with van der Waals surface area (Å²) < 4.78 is 5.16. The summed E-state index contributed by atoms with van der Waals surface area (Å²) in [4.78, 5) is 48.7. The van der Waals surface area contributed by atoms with Crippen LogP contribution in [0.4, 0.5) is 4.79 Å². The molecule has 0 aliphatic rings. The van der Waals surface area contributed by atoms with Crippen LogP contribution >= 0.6 is 0 Å². The van der Waals surface area contributed by atoms with Gasteiger partial charge < -0.3 is 30.9 Å². The van der Waals surface area contributed by atoms with Crippen molar-refractivity contribution in [3.63, 3.8) is 0 Å². The van der Waals surface area contributed by atoms with E-state index in [-0.39, 0.29) is 31.8 Å². The molecule has 206 valence electrons. The third-order valence-electron chi connectivity index (χ3n) is 5.95. The molecule has 0 bridgehead atoms. The summed E-state index contributed by atoms with van der Waals surface area (Å²) in [5.41, 5.74) is 1.66. The summed E-state index contributed by atoms with van der Waals surface area (Å²) in [7, 11) is 0. The van der Waals surface area contributed by atoms with E-state index in [1.165, 1.54) is 6.92 Å². The van der Waals surface area contributed by atoms with Gasteiger partial charge in [-0.05, 0) is 36.8 Å². The van der Waals surface area contributed by atoms with Gasteiger partial charge in [0.1, 0.15) is 18.7 Å². The zero-order valence-electron chi connectivity index (χ0n) is 21.9. The van der Waals surface area contributed by atoms with Crippen LogP contribution in [0, 0.1) is 5.92 Å². The number of amides is 3. The molecule has 4 atom stereocenters. The molecule has 0 radical (unpaired) electrons. The highest BCUT2D eigenvalue weighted by molar-refractivity contribution is 5.85. The number of carboxylic acids is 1. The molecule has 3 amide bonds. The van der Waals surface area contributed by atoms with Crippen LogP contribution in [0.25, 0.3) is 0 Å². The first kappa shape index (κ1) is 30.3. The quantitative estimate of drug-likeness (QED) is 0.253. The average molecular weight is 528 g/mol. The number of aliphatic hydroxyl groups excluding tert-OH is 1. The maximum atomic E-state index is 12.9. The van der Waals surface area contributed by atoms with Crippen LogP contribution in [0.15, 0.2) is 60.7 Å². The number of ether oxygens (including phenoxy) is 1. The Bertz CT molecular complexity index is 1050. The summed E-state index contributed by atoms with van der Waals surface area (Å²) in [6.45, 7) is 4.92. The number of benzene rings is 2. The zero-order chi connectivity index (χ0) is 28.1. The summed E-state index contributed by atoms with van der Waals surface area (Å²) in [5, 5.41) is 27.9. The number of hydrogen-bond donors (Lipinski definition) is 5. The molecular weight excluding hydrogens is 490 g/mol. The van der Waals surface area contributed by atoms with Crippen LogP contribution in [0.3, 0.4) is 0 Å². The van der Waals surface area contributed by atoms with E-state index < -0.39 is 48.1 Å². The number of carbonyl (C=O) groups excluding carboxylic acids is 3. The number of carboxylic acid groups (broad SMARTS) is 1. The molecule has 1 unspecified atom stereocenters. The molecule has 10 nitrogen and oxygen atoms in total. The van der Waals surface area contributed by atoms with E-state index in [2.05, 4.69) is 16.0 Å². The SMILES string of the molecule is CC(C)[C@H](NC(=O)CCC(O)[C@H](Cc1ccccc1)NC(=O)[C@H](C)NC(=O)OCc1ccccc1)C(=O)O. The first-order valence-corrected chi connectivity index (χ1v) is 12.6. The van der Waals surface area contributed by atoms with E-state index >= 15 is 0 Å². The van der Waals surface area contributed by atoms with E-state index in [0.717, 1.165) is 11.1 Å². The van der Waals surface area contributed by atoms with Crippen molar-refractivity contribution in [1.82, 2.24) is 16.0 Å². The Morgan fingerprint density at radius 3 is 1.97 bits per heavy atom. The molecule has 10 heteroatoms. The van der Waals surface area contributed by atoms with Gasteiger partial charge in [0.05, 0.1) is 12.1 Å². The van der Waals surface area contributed by atoms with Crippen molar-refractivity contribution in [3.8, 4) is 0 Å². The van der Waals surface area contributed by atoms with Gasteiger partial charge in [-0.2, -0.15) is 0 Å². The molecule has 0 fully saturated rings. The fourth-order valence-corrected chi connectivity index (χ4v) is 3.71. The minimum atomic E-state index is -1.13. The first-order valence-electron chi connectivity index (χ1n) is 12.6. The Balaban J connectivity index is 1.96. The molecule has 0 saturated carbocycles. The van der Waals surface area contributed by atoms with Gasteiger partial charge in [-0.25, -0.2) is 9.59 Å². The number of rotatable bonds is 14. The van der Waals surface area contributed by atoms with E-state index in [4.69, 9.17) is 4.74 Å². The van der Waals surface area contributed by atoms with E-state index in [9.17, 15) is 29.4 Å². The zero-order valence-corrected chi connectivity index (χ0v) is 21.9. The maximum Gasteiger partial charge on any atom is 0.408 e. The van der Waals surface area contributed by atoms with Crippen LogP contribution in [0.1, 0.15) is 44.7 Å². The van der Waals surface area contributed by atoms with Crippen molar-refractivity contribution < 1.29 is 34.1 Å². The Hall–Kier alpha value is -3.92. The van der Waals surface area contributed by atoms with Gasteiger partial charge in [0.2, 0.25) is 11.8 Å². The third kappa shape index (κ3) is 10.6. The molecule has 0 saturated heterocycles. The second-order valence-electron chi connectivity index (χ2n) is 9.47. The molecule has 0 aliphatic carbocycles. The number of carbonyl (C=O) groups is 4. The van der Waals surface area contributed by atoms with Gasteiger partial charge in [0, 0.05) is 6.42 Å². The van der Waals surface area contributed by atoms with E-state index in [0.29, 0.717) is 0 Å². The highest BCUT2D eigenvalue weighted by Crippen LogP contribution is 2.12. The summed E-state index contributed by atoms with van der Waals surface area (Å²) in [5.74, 6) is -2.48. The largest absolute Gasteiger partial charge is 0.480 e. The molecule has 0 spiro atoms. The Kier molecular flexibility index (Phi) is 12.2. The topological polar surface area (TPSA) is 154 Å². The molecule has 0 heterocycles. The number of hydrogen-bond acceptors (Lipinski definition) is 6. The van der Waals surface area contributed by atoms with Gasteiger partial charge in [0.15, 0.2) is 0 Å². The van der Waals surface area contributed by atoms with Crippen molar-refractivity contribution in [1.29, 1.82) is 0 Å². The predicted molar refractivity (Wildman–Crippen MR) is 141 cm³/mol. The first-order chi connectivity index (χ1) is 18.1. The second-order valence-corrected chi connectivity index (χ2v) is 9.47. The monoisotopic (exact) mass is 527 g/mol. The molecular formula is C28H37N3O7. The Morgan fingerprint density at radius 1 is 0.842 bits per heavy atom. The molecule has 38 heavy (non-hydrogen) atoms. The van der Waals surface area contributed by atoms with Crippen molar-refractivity contribution in [2.45, 2.75) is 70.9 Å². The lowest BCUT2D eigenvalue weighted by Gasteiger charge is -2.26. The van der Waals surface area contributed by atoms with Gasteiger partial charge in [-0.3, -0.25) is 9.59 Å². The lowest BCUT2D eigenvalue weighted by atomic mass is 9.97. The van der Waals surface area contributed by atoms with Crippen LogP contribution in [-0.2, 0) is 32.1 Å². The van der Waals surface area contributed by atoms with Gasteiger partial charge in [0.25, 0.3) is 0 Å². The fourth-order valence-electron chi connectivity index (χ4n) is 3.71. The molecule has 5 N–H and O–H groups in total. The minimum absolute atomic E-state index is 0.00499. The molecule has 2 aromatic rings. The number of aliphatic hydroxyl groups is 1. The highest BCUT2D eigenvalue weighted by atomic mass is 16.5. The molecule has 2 aromatic carbocycles. The van der Waals surface area contributed by atoms with Crippen molar-refractivity contribution in [2.24, 2.45) is 5.92 Å². The summed E-state index contributed by atoms with van der Waals surface area (Å²) in [6, 6.07) is 15.6. The second kappa shape index (κ2) is 15.4. The van der Waals surface area contributed by atoms with Crippen molar-refractivity contribution >= 4 is 23.9 Å². The van der Waals surface area contributed by atoms with Gasteiger partial charge >= 0.3 is 12.1 Å². The third-order valence-corrected chi connectivity index (χ3v) is 5.95. The summed E-state index contributed by atoms with van der Waals surface area (Å²) >= 11 is 0. The average Bonchev–Trinajstić information content (AvgIpc) is 2.89.